The Morgan fingerprint density at radius 3 is 2.44 bits per heavy atom. The van der Waals surface area contributed by atoms with Gasteiger partial charge in [-0.3, -0.25) is 0 Å². The number of hydrogen-bond donors (Lipinski definition) is 1. The molecule has 0 bridgehead atoms. The van der Waals surface area contributed by atoms with Crippen LogP contribution < -0.4 is 5.73 Å². The summed E-state index contributed by atoms with van der Waals surface area (Å²) in [6.07, 6.45) is 0.893. The first-order valence-corrected chi connectivity index (χ1v) is 6.20. The first-order chi connectivity index (χ1) is 8.69. The topological polar surface area (TPSA) is 26.0 Å². The van der Waals surface area contributed by atoms with Crippen LogP contribution in [0.25, 0.3) is 0 Å². The van der Waals surface area contributed by atoms with Gasteiger partial charge in [0, 0.05) is 5.92 Å². The zero-order valence-electron chi connectivity index (χ0n) is 10.6. The maximum absolute atomic E-state index is 12.9. The SMILES string of the molecule is Cc1cccc(CC(CN)c2ccc(F)cc2)c1. The van der Waals surface area contributed by atoms with E-state index in [-0.39, 0.29) is 11.7 Å². The maximum atomic E-state index is 12.9. The summed E-state index contributed by atoms with van der Waals surface area (Å²) in [5.74, 6) is 0.0393. The molecule has 0 radical (unpaired) electrons. The van der Waals surface area contributed by atoms with Crippen molar-refractivity contribution >= 4 is 0 Å². The molecule has 1 unspecified atom stereocenters. The van der Waals surface area contributed by atoms with Crippen LogP contribution in [-0.2, 0) is 6.42 Å². The number of benzene rings is 2. The van der Waals surface area contributed by atoms with Crippen LogP contribution in [0.2, 0.25) is 0 Å². The molecule has 2 N–H and O–H groups in total. The molecule has 0 amide bonds. The molecular formula is C16H18FN. The monoisotopic (exact) mass is 243 g/mol. The minimum absolute atomic E-state index is 0.204. The number of aryl methyl sites for hydroxylation is 1. The molecule has 2 aromatic carbocycles. The fourth-order valence-corrected chi connectivity index (χ4v) is 2.20. The molecule has 0 aliphatic rings. The molecule has 2 aromatic rings. The molecule has 0 saturated heterocycles. The average Bonchev–Trinajstić information content (AvgIpc) is 2.37. The highest BCUT2D eigenvalue weighted by molar-refractivity contribution is 5.27. The molecular weight excluding hydrogens is 225 g/mol. The molecule has 1 nitrogen and oxygen atoms in total. The average molecular weight is 243 g/mol. The van der Waals surface area contributed by atoms with E-state index in [2.05, 4.69) is 31.2 Å². The second kappa shape index (κ2) is 5.78. The van der Waals surface area contributed by atoms with E-state index in [9.17, 15) is 4.39 Å². The standard InChI is InChI=1S/C16H18FN/c1-12-3-2-4-13(9-12)10-15(11-18)14-5-7-16(17)8-6-14/h2-9,15H,10-11,18H2,1H3. The first kappa shape index (κ1) is 12.8. The van der Waals surface area contributed by atoms with Crippen molar-refractivity contribution in [1.82, 2.24) is 0 Å². The lowest BCUT2D eigenvalue weighted by Crippen LogP contribution is -2.15. The summed E-state index contributed by atoms with van der Waals surface area (Å²) in [5, 5.41) is 0. The summed E-state index contributed by atoms with van der Waals surface area (Å²) >= 11 is 0. The van der Waals surface area contributed by atoms with Crippen LogP contribution in [0, 0.1) is 12.7 Å². The zero-order valence-corrected chi connectivity index (χ0v) is 10.6. The molecule has 18 heavy (non-hydrogen) atoms. The minimum atomic E-state index is -0.204. The molecule has 2 rings (SSSR count). The molecule has 0 heterocycles. The van der Waals surface area contributed by atoms with E-state index < -0.39 is 0 Å². The third-order valence-electron chi connectivity index (χ3n) is 3.19. The van der Waals surface area contributed by atoms with E-state index >= 15 is 0 Å². The molecule has 0 fully saturated rings. The molecule has 0 aliphatic carbocycles. The smallest absolute Gasteiger partial charge is 0.123 e. The largest absolute Gasteiger partial charge is 0.330 e. The summed E-state index contributed by atoms with van der Waals surface area (Å²) in [6.45, 7) is 2.65. The quantitative estimate of drug-likeness (QED) is 0.874. The van der Waals surface area contributed by atoms with Crippen molar-refractivity contribution in [2.24, 2.45) is 5.73 Å². The molecule has 0 spiro atoms. The van der Waals surface area contributed by atoms with Crippen LogP contribution in [0.4, 0.5) is 4.39 Å². The van der Waals surface area contributed by atoms with Crippen molar-refractivity contribution in [3.05, 3.63) is 71.0 Å². The number of nitrogens with two attached hydrogens (primary N) is 1. The van der Waals surface area contributed by atoms with Crippen molar-refractivity contribution < 1.29 is 4.39 Å². The van der Waals surface area contributed by atoms with Crippen molar-refractivity contribution in [2.45, 2.75) is 19.3 Å². The lowest BCUT2D eigenvalue weighted by atomic mass is 9.91. The van der Waals surface area contributed by atoms with Gasteiger partial charge in [0.15, 0.2) is 0 Å². The Balaban J connectivity index is 2.17. The summed E-state index contributed by atoms with van der Waals surface area (Å²) in [5.41, 5.74) is 9.46. The number of rotatable bonds is 4. The Labute approximate surface area is 107 Å². The van der Waals surface area contributed by atoms with Gasteiger partial charge < -0.3 is 5.73 Å². The lowest BCUT2D eigenvalue weighted by molar-refractivity contribution is 0.623. The van der Waals surface area contributed by atoms with Gasteiger partial charge >= 0.3 is 0 Å². The van der Waals surface area contributed by atoms with Gasteiger partial charge in [-0.1, -0.05) is 42.0 Å². The molecule has 2 heteroatoms. The third kappa shape index (κ3) is 3.17. The Morgan fingerprint density at radius 2 is 1.83 bits per heavy atom. The molecule has 0 aliphatic heterocycles. The molecule has 0 aromatic heterocycles. The van der Waals surface area contributed by atoms with E-state index in [1.54, 1.807) is 0 Å². The van der Waals surface area contributed by atoms with Gasteiger partial charge in [-0.05, 0) is 43.1 Å². The van der Waals surface area contributed by atoms with Gasteiger partial charge in [0.2, 0.25) is 0 Å². The van der Waals surface area contributed by atoms with E-state index in [0.717, 1.165) is 12.0 Å². The molecule has 0 saturated carbocycles. The van der Waals surface area contributed by atoms with E-state index in [4.69, 9.17) is 5.73 Å². The van der Waals surface area contributed by atoms with Gasteiger partial charge in [0.05, 0.1) is 0 Å². The Hall–Kier alpha value is -1.67. The van der Waals surface area contributed by atoms with E-state index in [0.29, 0.717) is 6.54 Å². The van der Waals surface area contributed by atoms with Crippen molar-refractivity contribution in [2.75, 3.05) is 6.54 Å². The highest BCUT2D eigenvalue weighted by Gasteiger charge is 2.10. The summed E-state index contributed by atoms with van der Waals surface area (Å²) in [6, 6.07) is 15.1. The van der Waals surface area contributed by atoms with Crippen LogP contribution in [0.5, 0.6) is 0 Å². The normalized spacial score (nSPS) is 12.4. The van der Waals surface area contributed by atoms with Crippen LogP contribution in [0.3, 0.4) is 0 Å². The fraction of sp³-hybridized carbons (Fsp3) is 0.250. The van der Waals surface area contributed by atoms with Crippen molar-refractivity contribution in [1.29, 1.82) is 0 Å². The maximum Gasteiger partial charge on any atom is 0.123 e. The zero-order chi connectivity index (χ0) is 13.0. The van der Waals surface area contributed by atoms with Gasteiger partial charge in [0.25, 0.3) is 0 Å². The van der Waals surface area contributed by atoms with Crippen LogP contribution >= 0.6 is 0 Å². The molecule has 1 atom stereocenters. The first-order valence-electron chi connectivity index (χ1n) is 6.20. The number of halogens is 1. The van der Waals surface area contributed by atoms with Crippen LogP contribution in [0.15, 0.2) is 48.5 Å². The Morgan fingerprint density at radius 1 is 1.11 bits per heavy atom. The second-order valence-electron chi connectivity index (χ2n) is 4.68. The van der Waals surface area contributed by atoms with E-state index in [1.165, 1.54) is 23.3 Å². The van der Waals surface area contributed by atoms with Gasteiger partial charge in [-0.15, -0.1) is 0 Å². The Bertz CT molecular complexity index is 505. The molecule has 94 valence electrons. The van der Waals surface area contributed by atoms with Gasteiger partial charge in [-0.2, -0.15) is 0 Å². The van der Waals surface area contributed by atoms with Crippen molar-refractivity contribution in [3.8, 4) is 0 Å². The van der Waals surface area contributed by atoms with Crippen molar-refractivity contribution in [3.63, 3.8) is 0 Å². The highest BCUT2D eigenvalue weighted by atomic mass is 19.1. The lowest BCUT2D eigenvalue weighted by Gasteiger charge is -2.15. The summed E-state index contributed by atoms with van der Waals surface area (Å²) in [7, 11) is 0. The van der Waals surface area contributed by atoms with Crippen LogP contribution in [0.1, 0.15) is 22.6 Å². The Kier molecular flexibility index (Phi) is 4.11. The fourth-order valence-electron chi connectivity index (χ4n) is 2.20. The third-order valence-corrected chi connectivity index (χ3v) is 3.19. The number of hydrogen-bond acceptors (Lipinski definition) is 1. The predicted octanol–water partition coefficient (Wildman–Crippen LogP) is 3.42. The second-order valence-corrected chi connectivity index (χ2v) is 4.68. The highest BCUT2D eigenvalue weighted by Crippen LogP contribution is 2.20. The minimum Gasteiger partial charge on any atom is -0.330 e. The van der Waals surface area contributed by atoms with Crippen LogP contribution in [-0.4, -0.2) is 6.54 Å². The summed E-state index contributed by atoms with van der Waals surface area (Å²) in [4.78, 5) is 0. The van der Waals surface area contributed by atoms with E-state index in [1.807, 2.05) is 12.1 Å². The van der Waals surface area contributed by atoms with Gasteiger partial charge in [-0.25, -0.2) is 4.39 Å². The summed E-state index contributed by atoms with van der Waals surface area (Å²) < 4.78 is 12.9. The van der Waals surface area contributed by atoms with Gasteiger partial charge in [0.1, 0.15) is 5.82 Å². The predicted molar refractivity (Wildman–Crippen MR) is 73.1 cm³/mol.